The molecule has 0 aliphatic rings. The van der Waals surface area contributed by atoms with Crippen LogP contribution in [-0.2, 0) is 9.47 Å². The van der Waals surface area contributed by atoms with Crippen molar-refractivity contribution in [3.8, 4) is 0 Å². The molecule has 3 N–H and O–H groups in total. The van der Waals surface area contributed by atoms with Crippen molar-refractivity contribution in [2.24, 2.45) is 0 Å². The van der Waals surface area contributed by atoms with Crippen LogP contribution >= 0.6 is 0 Å². The molecule has 1 aromatic heterocycles. The molecule has 0 aliphatic carbocycles. The maximum Gasteiger partial charge on any atom is 0.259 e. The number of nitrogens with one attached hydrogen (secondary N) is 1. The van der Waals surface area contributed by atoms with Crippen molar-refractivity contribution in [1.29, 1.82) is 0 Å². The molecule has 108 valence electrons. The van der Waals surface area contributed by atoms with Gasteiger partial charge < -0.3 is 20.1 Å². The number of nitrogens with zero attached hydrogens (tertiary/aromatic N) is 2. The summed E-state index contributed by atoms with van der Waals surface area (Å²) in [6, 6.07) is 0. The normalized spacial score (nSPS) is 10.7. The molecular formula is C12H22N4O3. The van der Waals surface area contributed by atoms with E-state index >= 15 is 0 Å². The number of aryl methyl sites for hydroxylation is 1. The number of aromatic nitrogens is 2. The number of nitrogen functional groups attached to an aromatic ring is 1. The third kappa shape index (κ3) is 4.22. The van der Waals surface area contributed by atoms with Crippen molar-refractivity contribution in [2.75, 3.05) is 46.3 Å². The summed E-state index contributed by atoms with van der Waals surface area (Å²) < 4.78 is 10.0. The molecule has 0 fully saturated rings. The Morgan fingerprint density at radius 2 is 2.00 bits per heavy atom. The van der Waals surface area contributed by atoms with Gasteiger partial charge in [-0.25, -0.2) is 0 Å². The summed E-state index contributed by atoms with van der Waals surface area (Å²) in [6.07, 6.45) is 0.767. The van der Waals surface area contributed by atoms with Gasteiger partial charge in [0, 0.05) is 39.6 Å². The summed E-state index contributed by atoms with van der Waals surface area (Å²) >= 11 is 0. The maximum atomic E-state index is 12.4. The molecular weight excluding hydrogens is 248 g/mol. The molecule has 0 saturated heterocycles. The highest BCUT2D eigenvalue weighted by molar-refractivity contribution is 5.99. The van der Waals surface area contributed by atoms with Gasteiger partial charge >= 0.3 is 0 Å². The Morgan fingerprint density at radius 1 is 1.32 bits per heavy atom. The lowest BCUT2D eigenvalue weighted by atomic mass is 10.2. The summed E-state index contributed by atoms with van der Waals surface area (Å²) in [5.74, 6) is 0.105. The van der Waals surface area contributed by atoms with Crippen molar-refractivity contribution in [1.82, 2.24) is 15.1 Å². The van der Waals surface area contributed by atoms with Gasteiger partial charge in [-0.1, -0.05) is 0 Å². The van der Waals surface area contributed by atoms with Gasteiger partial charge in [0.05, 0.1) is 6.61 Å². The van der Waals surface area contributed by atoms with E-state index in [0.29, 0.717) is 37.6 Å². The first kappa shape index (κ1) is 15.5. The Hall–Kier alpha value is -1.60. The smallest absolute Gasteiger partial charge is 0.259 e. The fourth-order valence-corrected chi connectivity index (χ4v) is 1.79. The van der Waals surface area contributed by atoms with Gasteiger partial charge in [0.25, 0.3) is 5.91 Å². The number of ether oxygens (including phenoxy) is 2. The quantitative estimate of drug-likeness (QED) is 0.668. The topological polar surface area (TPSA) is 93.5 Å². The van der Waals surface area contributed by atoms with E-state index in [0.717, 1.165) is 6.42 Å². The number of anilines is 1. The fraction of sp³-hybridized carbons (Fsp3) is 0.667. The Bertz CT molecular complexity index is 386. The third-order valence-electron chi connectivity index (χ3n) is 2.82. The van der Waals surface area contributed by atoms with Crippen LogP contribution in [0.4, 0.5) is 5.82 Å². The van der Waals surface area contributed by atoms with Crippen LogP contribution in [-0.4, -0.2) is 61.5 Å². The lowest BCUT2D eigenvalue weighted by molar-refractivity contribution is 0.0674. The number of methoxy groups -OCH3 is 2. The molecule has 1 amide bonds. The molecule has 0 spiro atoms. The number of rotatable bonds is 8. The number of hydrogen-bond donors (Lipinski definition) is 2. The van der Waals surface area contributed by atoms with Gasteiger partial charge in [-0.3, -0.25) is 9.89 Å². The summed E-state index contributed by atoms with van der Waals surface area (Å²) in [5.41, 5.74) is 6.83. The number of carbonyl (C=O) groups is 1. The number of aromatic amines is 1. The number of amides is 1. The third-order valence-corrected chi connectivity index (χ3v) is 2.82. The Kier molecular flexibility index (Phi) is 6.31. The van der Waals surface area contributed by atoms with Gasteiger partial charge in [0.2, 0.25) is 0 Å². The predicted molar refractivity (Wildman–Crippen MR) is 72.0 cm³/mol. The average Bonchev–Trinajstić information content (AvgIpc) is 2.72. The Labute approximate surface area is 113 Å². The van der Waals surface area contributed by atoms with Crippen molar-refractivity contribution >= 4 is 11.7 Å². The van der Waals surface area contributed by atoms with E-state index < -0.39 is 0 Å². The van der Waals surface area contributed by atoms with Crippen molar-refractivity contribution in [3.63, 3.8) is 0 Å². The summed E-state index contributed by atoms with van der Waals surface area (Å²) in [7, 11) is 3.24. The van der Waals surface area contributed by atoms with Crippen LogP contribution in [0.3, 0.4) is 0 Å². The molecule has 7 nitrogen and oxygen atoms in total. The highest BCUT2D eigenvalue weighted by atomic mass is 16.5. The average molecular weight is 270 g/mol. The highest BCUT2D eigenvalue weighted by Gasteiger charge is 2.21. The second-order valence-electron chi connectivity index (χ2n) is 4.24. The fourth-order valence-electron chi connectivity index (χ4n) is 1.79. The SMILES string of the molecule is COCCCN(CCOC)C(=O)c1c(N)n[nH]c1C. The van der Waals surface area contributed by atoms with E-state index in [1.54, 1.807) is 26.0 Å². The number of hydrogen-bond acceptors (Lipinski definition) is 5. The standard InChI is InChI=1S/C12H22N4O3/c1-9-10(11(13)15-14-9)12(17)16(6-8-19-3)5-4-7-18-2/h4-8H2,1-3H3,(H3,13,14,15). The van der Waals surface area contributed by atoms with Gasteiger partial charge in [-0.2, -0.15) is 5.10 Å². The van der Waals surface area contributed by atoms with Gasteiger partial charge in [0.1, 0.15) is 5.56 Å². The monoisotopic (exact) mass is 270 g/mol. The van der Waals surface area contributed by atoms with Crippen molar-refractivity contribution in [2.45, 2.75) is 13.3 Å². The summed E-state index contributed by atoms with van der Waals surface area (Å²) in [4.78, 5) is 14.1. The molecule has 19 heavy (non-hydrogen) atoms. The van der Waals surface area contributed by atoms with Crippen LogP contribution in [0.25, 0.3) is 0 Å². The largest absolute Gasteiger partial charge is 0.385 e. The second-order valence-corrected chi connectivity index (χ2v) is 4.24. The molecule has 0 bridgehead atoms. The zero-order valence-electron chi connectivity index (χ0n) is 11.7. The summed E-state index contributed by atoms with van der Waals surface area (Å²) in [5, 5.41) is 6.56. The molecule has 0 aliphatic heterocycles. The van der Waals surface area contributed by atoms with E-state index in [1.165, 1.54) is 0 Å². The van der Waals surface area contributed by atoms with E-state index in [9.17, 15) is 4.79 Å². The van der Waals surface area contributed by atoms with E-state index in [-0.39, 0.29) is 11.7 Å². The zero-order chi connectivity index (χ0) is 14.3. The first-order valence-electron chi connectivity index (χ1n) is 6.19. The van der Waals surface area contributed by atoms with Crippen LogP contribution < -0.4 is 5.73 Å². The van der Waals surface area contributed by atoms with Crippen molar-refractivity contribution in [3.05, 3.63) is 11.3 Å². The number of H-pyrrole nitrogens is 1. The van der Waals surface area contributed by atoms with E-state index in [2.05, 4.69) is 10.2 Å². The van der Waals surface area contributed by atoms with Crippen molar-refractivity contribution < 1.29 is 14.3 Å². The Morgan fingerprint density at radius 3 is 2.53 bits per heavy atom. The summed E-state index contributed by atoms with van der Waals surface area (Å²) in [6.45, 7) is 3.98. The molecule has 1 heterocycles. The van der Waals surface area contributed by atoms with E-state index in [1.807, 2.05) is 0 Å². The second kappa shape index (κ2) is 7.75. The zero-order valence-corrected chi connectivity index (χ0v) is 11.7. The van der Waals surface area contributed by atoms with Gasteiger partial charge in [0.15, 0.2) is 5.82 Å². The van der Waals surface area contributed by atoms with Crippen LogP contribution in [0.1, 0.15) is 22.5 Å². The van der Waals surface area contributed by atoms with Crippen LogP contribution in [0.2, 0.25) is 0 Å². The molecule has 7 heteroatoms. The lowest BCUT2D eigenvalue weighted by Crippen LogP contribution is -2.35. The van der Waals surface area contributed by atoms with Gasteiger partial charge in [-0.15, -0.1) is 0 Å². The van der Waals surface area contributed by atoms with Crippen LogP contribution in [0, 0.1) is 6.92 Å². The first-order valence-corrected chi connectivity index (χ1v) is 6.19. The molecule has 0 unspecified atom stereocenters. The first-order chi connectivity index (χ1) is 9.11. The molecule has 1 aromatic rings. The molecule has 1 rings (SSSR count). The lowest BCUT2D eigenvalue weighted by Gasteiger charge is -2.22. The van der Waals surface area contributed by atoms with E-state index in [4.69, 9.17) is 15.2 Å². The van der Waals surface area contributed by atoms with Crippen LogP contribution in [0.15, 0.2) is 0 Å². The minimum atomic E-state index is -0.128. The predicted octanol–water partition coefficient (Wildman–Crippen LogP) is 0.425. The molecule has 0 atom stereocenters. The number of nitrogens with two attached hydrogens (primary N) is 1. The molecule has 0 radical (unpaired) electrons. The molecule has 0 saturated carbocycles. The minimum absolute atomic E-state index is 0.128. The maximum absolute atomic E-state index is 12.4. The van der Waals surface area contributed by atoms with Gasteiger partial charge in [-0.05, 0) is 13.3 Å². The van der Waals surface area contributed by atoms with Crippen LogP contribution in [0.5, 0.6) is 0 Å². The molecule has 0 aromatic carbocycles. The highest BCUT2D eigenvalue weighted by Crippen LogP contribution is 2.15. The minimum Gasteiger partial charge on any atom is -0.385 e. The Balaban J connectivity index is 2.75. The number of carbonyl (C=O) groups excluding carboxylic acids is 1.